The van der Waals surface area contributed by atoms with Crippen molar-refractivity contribution < 1.29 is 19.1 Å². The van der Waals surface area contributed by atoms with E-state index < -0.39 is 17.7 Å². The maximum atomic E-state index is 13.8. The number of aliphatic imine (C=N–C) groups is 1. The number of ether oxygens (including phenoxy) is 2. The van der Waals surface area contributed by atoms with Crippen LogP contribution in [0.3, 0.4) is 0 Å². The molecular formula is C23H38N6O4. The molecule has 3 aliphatic rings. The van der Waals surface area contributed by atoms with Gasteiger partial charge in [0, 0.05) is 20.1 Å². The fourth-order valence-electron chi connectivity index (χ4n) is 5.00. The van der Waals surface area contributed by atoms with Crippen LogP contribution in [-0.2, 0) is 14.3 Å². The van der Waals surface area contributed by atoms with Crippen LogP contribution >= 0.6 is 0 Å². The van der Waals surface area contributed by atoms with Crippen molar-refractivity contribution in [2.45, 2.75) is 62.9 Å². The van der Waals surface area contributed by atoms with E-state index in [1.165, 1.54) is 13.5 Å². The van der Waals surface area contributed by atoms with Crippen LogP contribution in [0.25, 0.3) is 0 Å². The van der Waals surface area contributed by atoms with Gasteiger partial charge in [-0.15, -0.1) is 0 Å². The standard InChI is InChI=1S/C23H38N6O4/c1-28(23(17-24)8-10-25-11-9-23)20(30)19(16-18-6-4-3-5-7-18)26-21(27-22(31)32-2)29-12-14-33-15-13-29/h18-19,25H,3-16H2,1-2H3,(H,26,27,31). The smallest absolute Gasteiger partial charge is 0.413 e. The fraction of sp³-hybridized carbons (Fsp3) is 0.826. The Hall–Kier alpha value is -2.38. The molecule has 0 spiro atoms. The quantitative estimate of drug-likeness (QED) is 0.469. The van der Waals surface area contributed by atoms with Gasteiger partial charge < -0.3 is 24.6 Å². The van der Waals surface area contributed by atoms with Crippen molar-refractivity contribution in [1.29, 1.82) is 5.26 Å². The zero-order valence-electron chi connectivity index (χ0n) is 20.0. The number of morpholine rings is 1. The summed E-state index contributed by atoms with van der Waals surface area (Å²) in [5.41, 5.74) is -0.836. The van der Waals surface area contributed by atoms with Gasteiger partial charge in [0.15, 0.2) is 0 Å². The number of hydrogen-bond acceptors (Lipinski definition) is 7. The number of guanidine groups is 1. The molecule has 0 aromatic rings. The second-order valence-corrected chi connectivity index (χ2v) is 9.21. The number of likely N-dealkylation sites (N-methyl/N-ethyl adjacent to an activating group) is 1. The summed E-state index contributed by atoms with van der Waals surface area (Å²) in [6, 6.07) is 1.74. The van der Waals surface area contributed by atoms with Gasteiger partial charge in [0.1, 0.15) is 11.6 Å². The zero-order chi connectivity index (χ0) is 23.7. The Bertz CT molecular complexity index is 734. The molecule has 2 N–H and O–H groups in total. The number of methoxy groups -OCH3 is 1. The highest BCUT2D eigenvalue weighted by atomic mass is 16.5. The Kier molecular flexibility index (Phi) is 9.32. The number of carbonyl (C=O) groups excluding carboxylic acids is 2. The van der Waals surface area contributed by atoms with E-state index in [-0.39, 0.29) is 5.91 Å². The Labute approximate surface area is 196 Å². The second-order valence-electron chi connectivity index (χ2n) is 9.21. The van der Waals surface area contributed by atoms with Gasteiger partial charge in [-0.1, -0.05) is 32.1 Å². The molecule has 0 radical (unpaired) electrons. The molecule has 1 unspecified atom stereocenters. The summed E-state index contributed by atoms with van der Waals surface area (Å²) in [5, 5.41) is 16.0. The second kappa shape index (κ2) is 12.2. The number of nitrogens with one attached hydrogen (secondary N) is 2. The van der Waals surface area contributed by atoms with Crippen molar-refractivity contribution in [2.24, 2.45) is 10.9 Å². The Morgan fingerprint density at radius 3 is 2.55 bits per heavy atom. The highest BCUT2D eigenvalue weighted by Crippen LogP contribution is 2.31. The highest BCUT2D eigenvalue weighted by molar-refractivity contribution is 5.96. The number of amides is 2. The molecule has 0 aromatic carbocycles. The van der Waals surface area contributed by atoms with E-state index in [2.05, 4.69) is 16.7 Å². The normalized spacial score (nSPS) is 22.7. The molecule has 0 bridgehead atoms. The fourth-order valence-corrected chi connectivity index (χ4v) is 5.00. The van der Waals surface area contributed by atoms with Crippen LogP contribution in [-0.4, -0.2) is 92.9 Å². The lowest BCUT2D eigenvalue weighted by atomic mass is 9.83. The molecule has 1 aliphatic carbocycles. The molecule has 3 fully saturated rings. The van der Waals surface area contributed by atoms with Gasteiger partial charge in [0.25, 0.3) is 0 Å². The Morgan fingerprint density at radius 2 is 1.94 bits per heavy atom. The third-order valence-corrected chi connectivity index (χ3v) is 7.17. The minimum Gasteiger partial charge on any atom is -0.453 e. The summed E-state index contributed by atoms with van der Waals surface area (Å²) in [6.45, 7) is 3.57. The lowest BCUT2D eigenvalue weighted by Gasteiger charge is -2.41. The minimum atomic E-state index is -0.836. The van der Waals surface area contributed by atoms with E-state index in [1.807, 2.05) is 4.90 Å². The Balaban J connectivity index is 1.89. The van der Waals surface area contributed by atoms with Crippen LogP contribution in [0.5, 0.6) is 0 Å². The van der Waals surface area contributed by atoms with Gasteiger partial charge in [-0.2, -0.15) is 5.26 Å². The first-order valence-corrected chi connectivity index (χ1v) is 12.1. The van der Waals surface area contributed by atoms with Crippen molar-refractivity contribution >= 4 is 18.0 Å². The molecule has 2 heterocycles. The van der Waals surface area contributed by atoms with Crippen LogP contribution in [0.4, 0.5) is 4.79 Å². The number of rotatable bonds is 5. The summed E-state index contributed by atoms with van der Waals surface area (Å²) in [4.78, 5) is 34.2. The number of nitrogens with zero attached hydrogens (tertiary/aromatic N) is 4. The molecule has 184 valence electrons. The number of piperidine rings is 1. The third kappa shape index (κ3) is 6.58. The molecule has 0 aromatic heterocycles. The van der Waals surface area contributed by atoms with E-state index in [0.717, 1.165) is 25.7 Å². The van der Waals surface area contributed by atoms with E-state index in [0.29, 0.717) is 70.5 Å². The molecule has 3 rings (SSSR count). The predicted molar refractivity (Wildman–Crippen MR) is 124 cm³/mol. The minimum absolute atomic E-state index is 0.165. The van der Waals surface area contributed by atoms with Crippen molar-refractivity contribution in [1.82, 2.24) is 20.4 Å². The maximum Gasteiger partial charge on any atom is 0.413 e. The monoisotopic (exact) mass is 462 g/mol. The highest BCUT2D eigenvalue weighted by Gasteiger charge is 2.41. The lowest BCUT2D eigenvalue weighted by molar-refractivity contribution is -0.136. The van der Waals surface area contributed by atoms with E-state index in [4.69, 9.17) is 14.5 Å². The number of carbonyl (C=O) groups is 2. The maximum absolute atomic E-state index is 13.8. The molecule has 2 amide bonds. The van der Waals surface area contributed by atoms with Crippen LogP contribution in [0.2, 0.25) is 0 Å². The topological polar surface area (TPSA) is 119 Å². The number of hydrogen-bond donors (Lipinski definition) is 2. The first-order chi connectivity index (χ1) is 16.0. The number of nitriles is 1. The van der Waals surface area contributed by atoms with Crippen molar-refractivity contribution in [2.75, 3.05) is 53.6 Å². The molecule has 10 nitrogen and oxygen atoms in total. The summed E-state index contributed by atoms with van der Waals surface area (Å²) in [5.74, 6) is 0.574. The largest absolute Gasteiger partial charge is 0.453 e. The third-order valence-electron chi connectivity index (χ3n) is 7.17. The first kappa shape index (κ1) is 25.2. The molecule has 2 saturated heterocycles. The summed E-state index contributed by atoms with van der Waals surface area (Å²) in [7, 11) is 3.03. The van der Waals surface area contributed by atoms with Gasteiger partial charge in [-0.25, -0.2) is 9.79 Å². The van der Waals surface area contributed by atoms with Crippen molar-refractivity contribution in [3.63, 3.8) is 0 Å². The number of alkyl carbamates (subject to hydrolysis) is 1. The SMILES string of the molecule is COC(=O)NC(=NC(CC1CCCCC1)C(=O)N(C)C1(C#N)CCNCC1)N1CCOCC1. The molecule has 1 atom stereocenters. The van der Waals surface area contributed by atoms with Gasteiger partial charge in [0.2, 0.25) is 11.9 Å². The summed E-state index contributed by atoms with van der Waals surface area (Å²) in [6.07, 6.45) is 6.87. The summed E-state index contributed by atoms with van der Waals surface area (Å²) < 4.78 is 10.2. The Morgan fingerprint density at radius 1 is 1.27 bits per heavy atom. The van der Waals surface area contributed by atoms with Crippen LogP contribution < -0.4 is 10.6 Å². The van der Waals surface area contributed by atoms with Gasteiger partial charge >= 0.3 is 6.09 Å². The average Bonchev–Trinajstić information content (AvgIpc) is 2.88. The summed E-state index contributed by atoms with van der Waals surface area (Å²) >= 11 is 0. The van der Waals surface area contributed by atoms with Crippen LogP contribution in [0, 0.1) is 17.2 Å². The lowest BCUT2D eigenvalue weighted by Crippen LogP contribution is -2.57. The van der Waals surface area contributed by atoms with Gasteiger partial charge in [-0.05, 0) is 38.3 Å². The molecular weight excluding hydrogens is 424 g/mol. The van der Waals surface area contributed by atoms with Crippen molar-refractivity contribution in [3.05, 3.63) is 0 Å². The van der Waals surface area contributed by atoms with E-state index >= 15 is 0 Å². The van der Waals surface area contributed by atoms with E-state index in [1.54, 1.807) is 11.9 Å². The molecule has 1 saturated carbocycles. The molecule has 10 heteroatoms. The average molecular weight is 463 g/mol. The van der Waals surface area contributed by atoms with E-state index in [9.17, 15) is 14.9 Å². The zero-order valence-corrected chi connectivity index (χ0v) is 20.0. The van der Waals surface area contributed by atoms with Gasteiger partial charge in [0.05, 0.1) is 26.4 Å². The predicted octanol–water partition coefficient (Wildman–Crippen LogP) is 1.47. The van der Waals surface area contributed by atoms with Gasteiger partial charge in [-0.3, -0.25) is 10.1 Å². The van der Waals surface area contributed by atoms with Crippen molar-refractivity contribution in [3.8, 4) is 6.07 Å². The van der Waals surface area contributed by atoms with Crippen LogP contribution in [0.1, 0.15) is 51.4 Å². The molecule has 2 aliphatic heterocycles. The first-order valence-electron chi connectivity index (χ1n) is 12.1. The van der Waals surface area contributed by atoms with Crippen LogP contribution in [0.15, 0.2) is 4.99 Å². The molecule has 33 heavy (non-hydrogen) atoms.